The number of benzene rings is 1. The van der Waals surface area contributed by atoms with Gasteiger partial charge < -0.3 is 10.0 Å². The summed E-state index contributed by atoms with van der Waals surface area (Å²) in [5.41, 5.74) is 1.18. The van der Waals surface area contributed by atoms with Crippen LogP contribution in [0.15, 0.2) is 24.3 Å². The second kappa shape index (κ2) is 10.1. The van der Waals surface area contributed by atoms with Crippen LogP contribution in [0, 0.1) is 11.8 Å². The van der Waals surface area contributed by atoms with Gasteiger partial charge in [-0.25, -0.2) is 0 Å². The Labute approximate surface area is 137 Å². The summed E-state index contributed by atoms with van der Waals surface area (Å²) in [5, 5.41) is 9.38. The van der Waals surface area contributed by atoms with Gasteiger partial charge in [0.1, 0.15) is 6.61 Å². The van der Waals surface area contributed by atoms with Crippen LogP contribution < -0.4 is 4.90 Å². The number of hydrogen-bond donors (Lipinski definition) is 1. The monoisotopic (exact) mass is 336 g/mol. The van der Waals surface area contributed by atoms with Crippen LogP contribution in [0.4, 0.5) is 5.69 Å². The van der Waals surface area contributed by atoms with Crippen LogP contribution in [0.3, 0.4) is 0 Å². The minimum Gasteiger partial charge on any atom is -0.384 e. The van der Waals surface area contributed by atoms with Crippen molar-refractivity contribution in [1.29, 1.82) is 0 Å². The van der Waals surface area contributed by atoms with E-state index in [1.54, 1.807) is 0 Å². The lowest BCUT2D eigenvalue weighted by atomic mass is 10.2. The van der Waals surface area contributed by atoms with Gasteiger partial charge in [-0.1, -0.05) is 29.5 Å². The van der Waals surface area contributed by atoms with E-state index in [1.165, 1.54) is 5.69 Å². The summed E-state index contributed by atoms with van der Waals surface area (Å²) in [5.74, 6) is 5.63. The van der Waals surface area contributed by atoms with Crippen molar-refractivity contribution in [2.45, 2.75) is 0 Å². The molecule has 0 spiro atoms. The van der Waals surface area contributed by atoms with Crippen molar-refractivity contribution in [3.8, 4) is 11.8 Å². The Kier molecular flexibility index (Phi) is 9.83. The minimum atomic E-state index is -0.0531. The standard InChI is InChI=1S/C14H17ClN2O.2ClH/c15-13-4-3-5-14(12-13)17-9-7-16(8-10-17)6-1-2-11-18;;/h3-5,12,18H,6-11H2;2*1H. The maximum Gasteiger partial charge on any atom is 0.104 e. The third-order valence-corrected chi connectivity index (χ3v) is 3.29. The largest absolute Gasteiger partial charge is 0.384 e. The topological polar surface area (TPSA) is 26.7 Å². The minimum absolute atomic E-state index is 0. The molecule has 1 aromatic rings. The van der Waals surface area contributed by atoms with Crippen LogP contribution in [0.2, 0.25) is 5.02 Å². The van der Waals surface area contributed by atoms with Gasteiger partial charge in [0.05, 0.1) is 6.54 Å². The second-order valence-corrected chi connectivity index (χ2v) is 4.69. The van der Waals surface area contributed by atoms with E-state index < -0.39 is 0 Å². The third-order valence-electron chi connectivity index (χ3n) is 3.05. The van der Waals surface area contributed by atoms with Gasteiger partial charge in [-0.05, 0) is 18.2 Å². The van der Waals surface area contributed by atoms with Crippen molar-refractivity contribution in [1.82, 2.24) is 4.90 Å². The highest BCUT2D eigenvalue weighted by Gasteiger charge is 2.16. The lowest BCUT2D eigenvalue weighted by molar-refractivity contribution is 0.287. The summed E-state index contributed by atoms with van der Waals surface area (Å²) in [7, 11) is 0. The Morgan fingerprint density at radius 1 is 1.10 bits per heavy atom. The van der Waals surface area contributed by atoms with Crippen molar-refractivity contribution >= 4 is 42.1 Å². The molecular weight excluding hydrogens is 319 g/mol. The smallest absolute Gasteiger partial charge is 0.104 e. The summed E-state index contributed by atoms with van der Waals surface area (Å²) >= 11 is 6.00. The normalized spacial score (nSPS) is 14.6. The molecule has 0 saturated carbocycles. The first-order valence-electron chi connectivity index (χ1n) is 6.09. The predicted octanol–water partition coefficient (Wildman–Crippen LogP) is 2.30. The van der Waals surface area contributed by atoms with Crippen LogP contribution >= 0.6 is 36.4 Å². The highest BCUT2D eigenvalue weighted by atomic mass is 35.5. The Morgan fingerprint density at radius 2 is 1.80 bits per heavy atom. The van der Waals surface area contributed by atoms with E-state index in [1.807, 2.05) is 18.2 Å². The lowest BCUT2D eigenvalue weighted by Crippen LogP contribution is -2.46. The first kappa shape index (κ1) is 19.4. The van der Waals surface area contributed by atoms with Crippen molar-refractivity contribution in [2.75, 3.05) is 44.2 Å². The van der Waals surface area contributed by atoms with E-state index in [-0.39, 0.29) is 31.4 Å². The van der Waals surface area contributed by atoms with Gasteiger partial charge in [-0.3, -0.25) is 4.90 Å². The Bertz CT molecular complexity index is 451. The maximum atomic E-state index is 8.60. The van der Waals surface area contributed by atoms with Crippen molar-refractivity contribution in [3.05, 3.63) is 29.3 Å². The molecule has 0 radical (unpaired) electrons. The molecule has 0 atom stereocenters. The number of halogens is 3. The summed E-state index contributed by atoms with van der Waals surface area (Å²) < 4.78 is 0. The Hall–Kier alpha value is -0.630. The SMILES string of the molecule is Cl.Cl.OCC#CCN1CCN(c2cccc(Cl)c2)CC1. The molecular formula is C14H19Cl3N2O. The molecule has 0 aliphatic carbocycles. The van der Waals surface area contributed by atoms with Crippen LogP contribution in [0.1, 0.15) is 0 Å². The zero-order valence-electron chi connectivity index (χ0n) is 11.1. The van der Waals surface area contributed by atoms with Gasteiger partial charge in [-0.15, -0.1) is 24.8 Å². The fourth-order valence-electron chi connectivity index (χ4n) is 2.06. The molecule has 1 aromatic carbocycles. The highest BCUT2D eigenvalue weighted by molar-refractivity contribution is 6.30. The van der Waals surface area contributed by atoms with Gasteiger partial charge in [0.15, 0.2) is 0 Å². The highest BCUT2D eigenvalue weighted by Crippen LogP contribution is 2.20. The van der Waals surface area contributed by atoms with Crippen molar-refractivity contribution in [3.63, 3.8) is 0 Å². The van der Waals surface area contributed by atoms with E-state index >= 15 is 0 Å². The number of anilines is 1. The lowest BCUT2D eigenvalue weighted by Gasteiger charge is -2.35. The van der Waals surface area contributed by atoms with Gasteiger partial charge in [0, 0.05) is 36.9 Å². The third kappa shape index (κ3) is 5.78. The summed E-state index contributed by atoms with van der Waals surface area (Å²) in [6.45, 7) is 4.65. The molecule has 20 heavy (non-hydrogen) atoms. The molecule has 1 saturated heterocycles. The quantitative estimate of drug-likeness (QED) is 0.839. The van der Waals surface area contributed by atoms with Gasteiger partial charge >= 0.3 is 0 Å². The first-order chi connectivity index (χ1) is 8.79. The number of nitrogens with zero attached hydrogens (tertiary/aromatic N) is 2. The molecule has 1 N–H and O–H groups in total. The molecule has 0 bridgehead atoms. The van der Waals surface area contributed by atoms with Crippen LogP contribution in [-0.4, -0.2) is 49.3 Å². The molecule has 1 aliphatic rings. The zero-order chi connectivity index (χ0) is 12.8. The van der Waals surface area contributed by atoms with Gasteiger partial charge in [0.25, 0.3) is 0 Å². The first-order valence-corrected chi connectivity index (χ1v) is 6.47. The van der Waals surface area contributed by atoms with Crippen LogP contribution in [-0.2, 0) is 0 Å². The molecule has 0 amide bonds. The number of rotatable bonds is 2. The van der Waals surface area contributed by atoms with Gasteiger partial charge in [0.2, 0.25) is 0 Å². The molecule has 1 heterocycles. The van der Waals surface area contributed by atoms with E-state index in [2.05, 4.69) is 27.7 Å². The predicted molar refractivity (Wildman–Crippen MR) is 89.5 cm³/mol. The average Bonchev–Trinajstić information content (AvgIpc) is 2.40. The van der Waals surface area contributed by atoms with Crippen LogP contribution in [0.5, 0.6) is 0 Å². The molecule has 6 heteroatoms. The van der Waals surface area contributed by atoms with E-state index in [0.29, 0.717) is 0 Å². The zero-order valence-corrected chi connectivity index (χ0v) is 13.5. The van der Waals surface area contributed by atoms with E-state index in [0.717, 1.165) is 37.7 Å². The fraction of sp³-hybridized carbons (Fsp3) is 0.429. The summed E-state index contributed by atoms with van der Waals surface area (Å²) in [6.07, 6.45) is 0. The molecule has 0 unspecified atom stereocenters. The summed E-state index contributed by atoms with van der Waals surface area (Å²) in [6, 6.07) is 7.97. The molecule has 0 aromatic heterocycles. The average molecular weight is 338 g/mol. The summed E-state index contributed by atoms with van der Waals surface area (Å²) in [4.78, 5) is 4.63. The van der Waals surface area contributed by atoms with Crippen molar-refractivity contribution in [2.24, 2.45) is 0 Å². The fourth-order valence-corrected chi connectivity index (χ4v) is 2.25. The number of hydrogen-bond acceptors (Lipinski definition) is 3. The number of aliphatic hydroxyl groups excluding tert-OH is 1. The second-order valence-electron chi connectivity index (χ2n) is 4.25. The molecule has 112 valence electrons. The Balaban J connectivity index is 0.00000180. The maximum absolute atomic E-state index is 8.60. The molecule has 1 aliphatic heterocycles. The number of piperazine rings is 1. The van der Waals surface area contributed by atoms with Gasteiger partial charge in [-0.2, -0.15) is 0 Å². The number of aliphatic hydroxyl groups is 1. The molecule has 2 rings (SSSR count). The molecule has 1 fully saturated rings. The molecule has 3 nitrogen and oxygen atoms in total. The van der Waals surface area contributed by atoms with Crippen molar-refractivity contribution < 1.29 is 5.11 Å². The van der Waals surface area contributed by atoms with E-state index in [9.17, 15) is 0 Å². The Morgan fingerprint density at radius 3 is 2.40 bits per heavy atom. The van der Waals surface area contributed by atoms with Crippen LogP contribution in [0.25, 0.3) is 0 Å². The van der Waals surface area contributed by atoms with E-state index in [4.69, 9.17) is 16.7 Å².